The van der Waals surface area contributed by atoms with Crippen molar-refractivity contribution >= 4 is 11.1 Å². The maximum absolute atomic E-state index is 11.0. The summed E-state index contributed by atoms with van der Waals surface area (Å²) in [5.41, 5.74) is 2.29. The van der Waals surface area contributed by atoms with Crippen LogP contribution in [0.1, 0.15) is 25.3 Å². The third-order valence-electron chi connectivity index (χ3n) is 2.11. The number of hydrogen-bond donors (Lipinski definition) is 1. The molecule has 1 aromatic carbocycles. The fraction of sp³-hybridized carbons (Fsp3) is 0.333. The number of fused-ring (bicyclic) bond motifs is 1. The molecule has 0 radical (unpaired) electrons. The highest BCUT2D eigenvalue weighted by atomic mass is 16.5. The van der Waals surface area contributed by atoms with E-state index in [9.17, 15) is 4.91 Å². The second kappa shape index (κ2) is 2.73. The van der Waals surface area contributed by atoms with E-state index in [0.29, 0.717) is 21.6 Å². The van der Waals surface area contributed by atoms with Crippen LogP contribution in [-0.4, -0.2) is 5.27 Å². The van der Waals surface area contributed by atoms with Crippen molar-refractivity contribution in [3.8, 4) is 0 Å². The quantitative estimate of drug-likeness (QED) is 0.678. The normalized spacial score (nSPS) is 11.3. The molecule has 4 heteroatoms. The second-order valence-corrected chi connectivity index (χ2v) is 3.37. The molecule has 0 spiro atoms. The molecule has 0 bridgehead atoms. The van der Waals surface area contributed by atoms with Crippen LogP contribution in [0, 0.1) is 4.91 Å². The molecule has 2 aromatic rings. The van der Waals surface area contributed by atoms with E-state index in [-0.39, 0.29) is 0 Å². The zero-order valence-corrected chi connectivity index (χ0v) is 7.57. The lowest BCUT2D eigenvalue weighted by Gasteiger charge is -2.00. The fourth-order valence-corrected chi connectivity index (χ4v) is 1.28. The van der Waals surface area contributed by atoms with Gasteiger partial charge in [0.2, 0.25) is 5.58 Å². The van der Waals surface area contributed by atoms with Gasteiger partial charge in [0.15, 0.2) is 4.54 Å². The van der Waals surface area contributed by atoms with Gasteiger partial charge in [0.1, 0.15) is 0 Å². The van der Waals surface area contributed by atoms with Gasteiger partial charge >= 0.3 is 5.52 Å². The van der Waals surface area contributed by atoms with Crippen LogP contribution in [0.25, 0.3) is 11.1 Å². The van der Waals surface area contributed by atoms with E-state index in [2.05, 4.69) is 19.1 Å². The SMILES string of the molecule is CC(C)c1ccc2c(c1)o[nH][n+]2=O. The van der Waals surface area contributed by atoms with Crippen LogP contribution in [-0.2, 0) is 0 Å². The van der Waals surface area contributed by atoms with E-state index < -0.39 is 0 Å². The van der Waals surface area contributed by atoms with E-state index in [0.717, 1.165) is 5.56 Å². The molecule has 1 heterocycles. The van der Waals surface area contributed by atoms with E-state index >= 15 is 0 Å². The average Bonchev–Trinajstić information content (AvgIpc) is 2.47. The van der Waals surface area contributed by atoms with Crippen molar-refractivity contribution in [1.29, 1.82) is 0 Å². The monoisotopic (exact) mass is 179 g/mol. The first-order valence-electron chi connectivity index (χ1n) is 4.22. The number of aromatic nitrogens is 2. The lowest BCUT2D eigenvalue weighted by atomic mass is 10.0. The maximum Gasteiger partial charge on any atom is 0.340 e. The average molecular weight is 179 g/mol. The van der Waals surface area contributed by atoms with Crippen molar-refractivity contribution in [2.24, 2.45) is 0 Å². The summed E-state index contributed by atoms with van der Waals surface area (Å²) < 4.78 is 5.58. The molecule has 0 saturated heterocycles. The number of nitrogens with zero attached hydrogens (tertiary/aromatic N) is 1. The third kappa shape index (κ3) is 1.24. The number of aromatic amines is 1. The molecule has 0 amide bonds. The van der Waals surface area contributed by atoms with Crippen LogP contribution in [0.4, 0.5) is 0 Å². The van der Waals surface area contributed by atoms with E-state index in [1.165, 1.54) is 0 Å². The molecule has 0 atom stereocenters. The van der Waals surface area contributed by atoms with Crippen LogP contribution in [0.2, 0.25) is 0 Å². The summed E-state index contributed by atoms with van der Waals surface area (Å²) in [6, 6.07) is 5.58. The Balaban J connectivity index is 2.70. The van der Waals surface area contributed by atoms with Crippen LogP contribution >= 0.6 is 0 Å². The highest BCUT2D eigenvalue weighted by Gasteiger charge is 2.12. The minimum Gasteiger partial charge on any atom is -0.324 e. The zero-order chi connectivity index (χ0) is 9.42. The summed E-state index contributed by atoms with van der Waals surface area (Å²) in [7, 11) is 0. The third-order valence-corrected chi connectivity index (χ3v) is 2.11. The van der Waals surface area contributed by atoms with Crippen molar-refractivity contribution in [2.75, 3.05) is 0 Å². The molecule has 0 fully saturated rings. The van der Waals surface area contributed by atoms with Gasteiger partial charge in [-0.1, -0.05) is 19.9 Å². The molecule has 4 nitrogen and oxygen atoms in total. The van der Waals surface area contributed by atoms with Crippen molar-refractivity contribution in [3.05, 3.63) is 28.7 Å². The molecule has 0 unspecified atom stereocenters. The largest absolute Gasteiger partial charge is 0.340 e. The van der Waals surface area contributed by atoms with E-state index in [1.807, 2.05) is 12.1 Å². The molecule has 0 aliphatic carbocycles. The molecule has 0 saturated carbocycles. The first kappa shape index (κ1) is 8.04. The predicted molar refractivity (Wildman–Crippen MR) is 48.0 cm³/mol. The topological polar surface area (TPSA) is 51.9 Å². The summed E-state index contributed by atoms with van der Waals surface area (Å²) in [6.45, 7) is 4.19. The van der Waals surface area contributed by atoms with E-state index in [4.69, 9.17) is 4.52 Å². The Morgan fingerprint density at radius 3 is 2.92 bits per heavy atom. The van der Waals surface area contributed by atoms with Crippen LogP contribution in [0.3, 0.4) is 0 Å². The van der Waals surface area contributed by atoms with Crippen molar-refractivity contribution in [3.63, 3.8) is 0 Å². The Morgan fingerprint density at radius 2 is 2.23 bits per heavy atom. The molecule has 0 aliphatic heterocycles. The van der Waals surface area contributed by atoms with Crippen LogP contribution < -0.4 is 4.54 Å². The summed E-state index contributed by atoms with van der Waals surface area (Å²) in [5.74, 6) is 0.439. The molecule has 0 aliphatic rings. The summed E-state index contributed by atoms with van der Waals surface area (Å²) in [5, 5.41) is 2.23. The number of rotatable bonds is 1. The number of nitrogens with one attached hydrogen (secondary N) is 1. The molecule has 13 heavy (non-hydrogen) atoms. The van der Waals surface area contributed by atoms with Crippen molar-refractivity contribution in [2.45, 2.75) is 19.8 Å². The minimum atomic E-state index is 0.439. The molecule has 68 valence electrons. The van der Waals surface area contributed by atoms with E-state index in [1.54, 1.807) is 6.07 Å². The van der Waals surface area contributed by atoms with Gasteiger partial charge in [0, 0.05) is 11.3 Å². The Kier molecular flexibility index (Phi) is 1.69. The lowest BCUT2D eigenvalue weighted by Crippen LogP contribution is -2.13. The van der Waals surface area contributed by atoms with Gasteiger partial charge in [-0.2, -0.15) is 0 Å². The zero-order valence-electron chi connectivity index (χ0n) is 7.57. The first-order valence-corrected chi connectivity index (χ1v) is 4.22. The van der Waals surface area contributed by atoms with Gasteiger partial charge < -0.3 is 4.52 Å². The highest BCUT2D eigenvalue weighted by molar-refractivity contribution is 5.69. The predicted octanol–water partition coefficient (Wildman–Crippen LogP) is 1.80. The number of hydrogen-bond acceptors (Lipinski definition) is 2. The molecular weight excluding hydrogens is 168 g/mol. The minimum absolute atomic E-state index is 0.439. The fourth-order valence-electron chi connectivity index (χ4n) is 1.28. The maximum atomic E-state index is 11.0. The second-order valence-electron chi connectivity index (χ2n) is 3.37. The summed E-state index contributed by atoms with van der Waals surface area (Å²) in [6.07, 6.45) is 0. The lowest BCUT2D eigenvalue weighted by molar-refractivity contribution is -0.552. The molecule has 1 aromatic heterocycles. The Hall–Kier alpha value is -1.58. The number of benzene rings is 1. The van der Waals surface area contributed by atoms with Crippen molar-refractivity contribution < 1.29 is 9.06 Å². The molecule has 1 N–H and O–H groups in total. The Bertz CT molecular complexity index is 482. The van der Waals surface area contributed by atoms with Crippen molar-refractivity contribution in [1.82, 2.24) is 5.27 Å². The van der Waals surface area contributed by atoms with Gasteiger partial charge in [-0.15, -0.1) is 0 Å². The summed E-state index contributed by atoms with van der Waals surface area (Å²) >= 11 is 0. The van der Waals surface area contributed by atoms with Gasteiger partial charge in [0.05, 0.1) is 4.91 Å². The smallest absolute Gasteiger partial charge is 0.324 e. The summed E-state index contributed by atoms with van der Waals surface area (Å²) in [4.78, 5) is 11.0. The number of H-pyrrole nitrogens is 1. The van der Waals surface area contributed by atoms with Gasteiger partial charge in [0.25, 0.3) is 0 Å². The van der Waals surface area contributed by atoms with Gasteiger partial charge in [-0.3, -0.25) is 0 Å². The molecule has 2 rings (SSSR count). The first-order chi connectivity index (χ1) is 6.18. The Labute approximate surface area is 74.7 Å². The molecular formula is C9H11N2O2+. The van der Waals surface area contributed by atoms with Gasteiger partial charge in [-0.25, -0.2) is 0 Å². The van der Waals surface area contributed by atoms with Crippen LogP contribution in [0.15, 0.2) is 22.7 Å². The van der Waals surface area contributed by atoms with Gasteiger partial charge in [-0.05, 0) is 17.5 Å². The standard InChI is InChI=1S/C9H11N2O2/c1-6(2)7-3-4-8-9(5-7)13-10-11(8)12/h3-6H,1-2H3,(H,10,12)/q+1. The van der Waals surface area contributed by atoms with Crippen LogP contribution in [0.5, 0.6) is 0 Å². The highest BCUT2D eigenvalue weighted by Crippen LogP contribution is 2.18. The Morgan fingerprint density at radius 1 is 1.46 bits per heavy atom.